The molecule has 20 heavy (non-hydrogen) atoms. The van der Waals surface area contributed by atoms with Gasteiger partial charge in [0.2, 0.25) is 10.0 Å². The molecule has 0 saturated carbocycles. The number of nitrogens with one attached hydrogen (secondary N) is 1. The van der Waals surface area contributed by atoms with E-state index in [1.807, 2.05) is 0 Å². The predicted molar refractivity (Wildman–Crippen MR) is 75.1 cm³/mol. The van der Waals surface area contributed by atoms with E-state index in [2.05, 4.69) is 30.7 Å². The highest BCUT2D eigenvalue weighted by molar-refractivity contribution is 9.10. The van der Waals surface area contributed by atoms with E-state index in [-0.39, 0.29) is 18.0 Å². The van der Waals surface area contributed by atoms with Crippen molar-refractivity contribution in [3.05, 3.63) is 40.4 Å². The number of hydrogen-bond acceptors (Lipinski definition) is 5. The molecule has 0 bridgehead atoms. The van der Waals surface area contributed by atoms with Gasteiger partial charge in [0.15, 0.2) is 5.82 Å². The first-order chi connectivity index (χ1) is 9.42. The molecule has 0 aliphatic carbocycles. The molecule has 2 aromatic rings. The van der Waals surface area contributed by atoms with Gasteiger partial charge in [-0.05, 0) is 33.6 Å². The van der Waals surface area contributed by atoms with Crippen LogP contribution in [0.1, 0.15) is 11.4 Å². The van der Waals surface area contributed by atoms with Gasteiger partial charge < -0.3 is 5.11 Å². The quantitative estimate of drug-likeness (QED) is 0.811. The average molecular weight is 361 g/mol. The van der Waals surface area contributed by atoms with Gasteiger partial charge in [-0.1, -0.05) is 6.07 Å². The Balaban J connectivity index is 2.18. The van der Waals surface area contributed by atoms with Crippen LogP contribution in [0.4, 0.5) is 0 Å². The Morgan fingerprint density at radius 2 is 2.20 bits per heavy atom. The number of sulfonamides is 1. The molecule has 108 valence electrons. The lowest BCUT2D eigenvalue weighted by Crippen LogP contribution is -2.24. The van der Waals surface area contributed by atoms with Crippen molar-refractivity contribution in [2.75, 3.05) is 0 Å². The summed E-state index contributed by atoms with van der Waals surface area (Å²) in [6, 6.07) is 4.55. The molecule has 0 fully saturated rings. The van der Waals surface area contributed by atoms with E-state index in [0.717, 1.165) is 0 Å². The minimum absolute atomic E-state index is 0.0113. The number of rotatable bonds is 5. The van der Waals surface area contributed by atoms with Crippen molar-refractivity contribution in [3.63, 3.8) is 0 Å². The van der Waals surface area contributed by atoms with Crippen molar-refractivity contribution in [1.29, 1.82) is 0 Å². The van der Waals surface area contributed by atoms with Gasteiger partial charge in [0.1, 0.15) is 6.33 Å². The van der Waals surface area contributed by atoms with Crippen LogP contribution in [0.25, 0.3) is 0 Å². The SMILES string of the molecule is Cn1cnc(CNS(=O)(=O)c2ccc(CO)cc2Br)n1. The standard InChI is InChI=1S/C11H13BrN4O3S/c1-16-7-13-11(15-16)5-14-20(18,19)10-3-2-8(6-17)4-9(10)12/h2-4,7,14,17H,5-6H2,1H3. The van der Waals surface area contributed by atoms with E-state index < -0.39 is 10.0 Å². The molecule has 2 rings (SSSR count). The fourth-order valence-corrected chi connectivity index (χ4v) is 3.67. The lowest BCUT2D eigenvalue weighted by molar-refractivity contribution is 0.281. The number of aliphatic hydroxyl groups is 1. The fourth-order valence-electron chi connectivity index (χ4n) is 1.56. The van der Waals surface area contributed by atoms with Crippen molar-refractivity contribution in [3.8, 4) is 0 Å². The molecule has 0 atom stereocenters. The topological polar surface area (TPSA) is 97.1 Å². The summed E-state index contributed by atoms with van der Waals surface area (Å²) in [5, 5.41) is 13.0. The van der Waals surface area contributed by atoms with Crippen LogP contribution in [0, 0.1) is 0 Å². The fraction of sp³-hybridized carbons (Fsp3) is 0.273. The molecule has 0 aliphatic heterocycles. The van der Waals surface area contributed by atoms with Crippen molar-refractivity contribution in [2.45, 2.75) is 18.0 Å². The van der Waals surface area contributed by atoms with E-state index in [9.17, 15) is 8.42 Å². The molecule has 1 heterocycles. The predicted octanol–water partition coefficient (Wildman–Crippen LogP) is 0.548. The monoisotopic (exact) mass is 360 g/mol. The highest BCUT2D eigenvalue weighted by Gasteiger charge is 2.18. The number of aryl methyl sites for hydroxylation is 1. The smallest absolute Gasteiger partial charge is 0.242 e. The van der Waals surface area contributed by atoms with Crippen LogP contribution in [0.2, 0.25) is 0 Å². The first-order valence-corrected chi connectivity index (χ1v) is 7.93. The maximum absolute atomic E-state index is 12.2. The van der Waals surface area contributed by atoms with Crippen molar-refractivity contribution >= 4 is 26.0 Å². The van der Waals surface area contributed by atoms with Crippen LogP contribution < -0.4 is 4.72 Å². The number of benzene rings is 1. The molecule has 0 unspecified atom stereocenters. The third-order valence-corrected chi connectivity index (χ3v) is 4.91. The Bertz CT molecular complexity index is 714. The van der Waals surface area contributed by atoms with Crippen LogP contribution >= 0.6 is 15.9 Å². The third kappa shape index (κ3) is 3.42. The largest absolute Gasteiger partial charge is 0.392 e. The highest BCUT2D eigenvalue weighted by atomic mass is 79.9. The van der Waals surface area contributed by atoms with Gasteiger partial charge in [0.05, 0.1) is 18.0 Å². The number of aliphatic hydroxyl groups excluding tert-OH is 1. The second-order valence-electron chi connectivity index (χ2n) is 4.08. The molecular formula is C11H13BrN4O3S. The lowest BCUT2D eigenvalue weighted by atomic mass is 10.2. The second-order valence-corrected chi connectivity index (χ2v) is 6.67. The van der Waals surface area contributed by atoms with E-state index in [4.69, 9.17) is 5.11 Å². The molecule has 7 nitrogen and oxygen atoms in total. The Morgan fingerprint density at radius 1 is 1.45 bits per heavy atom. The van der Waals surface area contributed by atoms with Gasteiger partial charge in [0.25, 0.3) is 0 Å². The maximum atomic E-state index is 12.2. The molecule has 2 N–H and O–H groups in total. The van der Waals surface area contributed by atoms with Gasteiger partial charge in [-0.25, -0.2) is 18.1 Å². The van der Waals surface area contributed by atoms with Crippen LogP contribution in [-0.2, 0) is 30.2 Å². The number of aromatic nitrogens is 3. The summed E-state index contributed by atoms with van der Waals surface area (Å²) in [5.41, 5.74) is 0.627. The van der Waals surface area contributed by atoms with Gasteiger partial charge >= 0.3 is 0 Å². The number of nitrogens with zero attached hydrogens (tertiary/aromatic N) is 3. The Labute approximate surface area is 124 Å². The van der Waals surface area contributed by atoms with E-state index in [1.165, 1.54) is 17.1 Å². The van der Waals surface area contributed by atoms with E-state index in [1.54, 1.807) is 19.2 Å². The molecule has 0 spiro atoms. The van der Waals surface area contributed by atoms with Gasteiger partial charge in [0, 0.05) is 11.5 Å². The summed E-state index contributed by atoms with van der Waals surface area (Å²) >= 11 is 3.19. The van der Waals surface area contributed by atoms with Gasteiger partial charge in [-0.15, -0.1) is 0 Å². The minimum Gasteiger partial charge on any atom is -0.392 e. The Hall–Kier alpha value is -1.29. The van der Waals surface area contributed by atoms with E-state index >= 15 is 0 Å². The van der Waals surface area contributed by atoms with Crippen LogP contribution in [-0.4, -0.2) is 28.3 Å². The zero-order chi connectivity index (χ0) is 14.8. The highest BCUT2D eigenvalue weighted by Crippen LogP contribution is 2.23. The summed E-state index contributed by atoms with van der Waals surface area (Å²) in [7, 11) is -1.97. The molecular weight excluding hydrogens is 348 g/mol. The van der Waals surface area contributed by atoms with Gasteiger partial charge in [-0.2, -0.15) is 5.10 Å². The molecule has 9 heteroatoms. The van der Waals surface area contributed by atoms with Crippen molar-refractivity contribution in [2.24, 2.45) is 7.05 Å². The summed E-state index contributed by atoms with van der Waals surface area (Å²) in [6.45, 7) is -0.137. The zero-order valence-corrected chi connectivity index (χ0v) is 13.0. The zero-order valence-electron chi connectivity index (χ0n) is 10.6. The Morgan fingerprint density at radius 3 is 2.75 bits per heavy atom. The minimum atomic E-state index is -3.67. The van der Waals surface area contributed by atoms with Crippen molar-refractivity contribution in [1.82, 2.24) is 19.5 Å². The number of hydrogen-bond donors (Lipinski definition) is 2. The second kappa shape index (κ2) is 6.00. The van der Waals surface area contributed by atoms with Crippen LogP contribution in [0.3, 0.4) is 0 Å². The summed E-state index contributed by atoms with van der Waals surface area (Å²) < 4.78 is 28.6. The summed E-state index contributed by atoms with van der Waals surface area (Å²) in [5.74, 6) is 0.388. The molecule has 0 amide bonds. The lowest BCUT2D eigenvalue weighted by Gasteiger charge is -2.08. The van der Waals surface area contributed by atoms with Gasteiger partial charge in [-0.3, -0.25) is 4.68 Å². The summed E-state index contributed by atoms with van der Waals surface area (Å²) in [6.07, 6.45) is 1.50. The third-order valence-electron chi connectivity index (χ3n) is 2.54. The van der Waals surface area contributed by atoms with E-state index in [0.29, 0.717) is 15.9 Å². The first-order valence-electron chi connectivity index (χ1n) is 5.66. The molecule has 0 aliphatic rings. The van der Waals surface area contributed by atoms with Crippen LogP contribution in [0.15, 0.2) is 33.9 Å². The summed E-state index contributed by atoms with van der Waals surface area (Å²) in [4.78, 5) is 4.04. The Kier molecular flexibility index (Phi) is 4.53. The van der Waals surface area contributed by atoms with Crippen LogP contribution in [0.5, 0.6) is 0 Å². The normalized spacial score (nSPS) is 11.8. The molecule has 1 aromatic carbocycles. The maximum Gasteiger partial charge on any atom is 0.242 e. The molecule has 1 aromatic heterocycles. The molecule has 0 saturated heterocycles. The van der Waals surface area contributed by atoms with Crippen molar-refractivity contribution < 1.29 is 13.5 Å². The first kappa shape index (κ1) is 15.1. The average Bonchev–Trinajstić information content (AvgIpc) is 2.82. The number of halogens is 1. The molecule has 0 radical (unpaired) electrons.